The predicted octanol–water partition coefficient (Wildman–Crippen LogP) is 18.6. The van der Waals surface area contributed by atoms with Gasteiger partial charge < -0.3 is 4.90 Å². The van der Waals surface area contributed by atoms with Gasteiger partial charge in [-0.25, -0.2) is 0 Å². The van der Waals surface area contributed by atoms with Crippen LogP contribution in [0.3, 0.4) is 0 Å². The molecule has 0 saturated carbocycles. The summed E-state index contributed by atoms with van der Waals surface area (Å²) in [6.07, 6.45) is 2.22. The van der Waals surface area contributed by atoms with Crippen LogP contribution in [-0.2, 0) is 10.8 Å². The van der Waals surface area contributed by atoms with Crippen molar-refractivity contribution >= 4 is 22.6 Å². The Bertz CT molecular complexity index is 3530. The molecule has 0 spiro atoms. The molecule has 1 heteroatoms. The Balaban J connectivity index is 1.10. The molecule has 2 aliphatic rings. The fourth-order valence-corrected chi connectivity index (χ4v) is 12.0. The molecular formula is C69H55N. The average Bonchev–Trinajstić information content (AvgIpc) is 3.85. The number of allylic oxidation sites excluding steroid dienone is 2. The Morgan fingerprint density at radius 1 is 0.400 bits per heavy atom. The van der Waals surface area contributed by atoms with Crippen molar-refractivity contribution < 1.29 is 0 Å². The Kier molecular flexibility index (Phi) is 10.5. The molecule has 10 aromatic carbocycles. The maximum absolute atomic E-state index is 2.53. The predicted molar refractivity (Wildman–Crippen MR) is 296 cm³/mol. The number of benzene rings is 10. The van der Waals surface area contributed by atoms with Crippen LogP contribution in [0.15, 0.2) is 243 Å². The Hall–Kier alpha value is -8.26. The number of rotatable bonds is 9. The van der Waals surface area contributed by atoms with Gasteiger partial charge in [0.25, 0.3) is 0 Å². The Morgan fingerprint density at radius 3 is 1.51 bits per heavy atom. The van der Waals surface area contributed by atoms with E-state index in [2.05, 4.69) is 282 Å². The molecule has 0 amide bonds. The molecule has 12 rings (SSSR count). The van der Waals surface area contributed by atoms with Gasteiger partial charge in [0.2, 0.25) is 0 Å². The van der Waals surface area contributed by atoms with Crippen LogP contribution in [-0.4, -0.2) is 0 Å². The molecule has 0 aliphatic heterocycles. The molecular weight excluding hydrogens is 843 g/mol. The summed E-state index contributed by atoms with van der Waals surface area (Å²) in [7, 11) is 0. The maximum atomic E-state index is 2.53. The van der Waals surface area contributed by atoms with Gasteiger partial charge in [-0.2, -0.15) is 0 Å². The standard InChI is InChI=1S/C69H55N/c1-6-46(2)66-47(3)19-17-26-57(66)52-35-41-55(42-36-52)70(56-43-44-59-58-24-13-15-27-61(58)68(4,5)64(59)45-56)65-30-18-29-63-67(65)60-25-14-16-28-62(60)69(63,53-37-31-50(32-38-53)48-20-9-7-10-21-48)54-39-33-51(34-40-54)49-22-11-8-12-23-49/h6-45H,1-5H3/b46-6+. The van der Waals surface area contributed by atoms with Gasteiger partial charge in [0, 0.05) is 22.4 Å². The lowest BCUT2D eigenvalue weighted by atomic mass is 9.67. The number of fused-ring (bicyclic) bond motifs is 6. The highest BCUT2D eigenvalue weighted by molar-refractivity contribution is 5.98. The first kappa shape index (κ1) is 43.0. The van der Waals surface area contributed by atoms with Gasteiger partial charge >= 0.3 is 0 Å². The highest BCUT2D eigenvalue weighted by Crippen LogP contribution is 2.60. The third-order valence-electron chi connectivity index (χ3n) is 15.5. The normalized spacial score (nSPS) is 13.8. The van der Waals surface area contributed by atoms with E-state index in [1.165, 1.54) is 106 Å². The first-order valence-corrected chi connectivity index (χ1v) is 24.7. The van der Waals surface area contributed by atoms with Gasteiger partial charge in [0.05, 0.1) is 11.1 Å². The fraction of sp³-hybridized carbons (Fsp3) is 0.101. The second-order valence-corrected chi connectivity index (χ2v) is 19.6. The van der Waals surface area contributed by atoms with Crippen LogP contribution in [0.5, 0.6) is 0 Å². The van der Waals surface area contributed by atoms with Crippen molar-refractivity contribution in [2.45, 2.75) is 45.4 Å². The molecule has 0 saturated heterocycles. The summed E-state index contributed by atoms with van der Waals surface area (Å²) in [6.45, 7) is 11.3. The fourth-order valence-electron chi connectivity index (χ4n) is 12.0. The summed E-state index contributed by atoms with van der Waals surface area (Å²) < 4.78 is 0. The van der Waals surface area contributed by atoms with Crippen molar-refractivity contribution in [1.82, 2.24) is 0 Å². The highest BCUT2D eigenvalue weighted by atomic mass is 15.1. The van der Waals surface area contributed by atoms with Crippen molar-refractivity contribution in [3.8, 4) is 55.6 Å². The molecule has 0 bridgehead atoms. The Labute approximate surface area is 413 Å². The summed E-state index contributed by atoms with van der Waals surface area (Å²) in [6, 6.07) is 88.4. The molecule has 0 radical (unpaired) electrons. The monoisotopic (exact) mass is 897 g/mol. The molecule has 336 valence electrons. The molecule has 0 heterocycles. The number of aryl methyl sites for hydroxylation is 1. The van der Waals surface area contributed by atoms with Crippen molar-refractivity contribution in [3.05, 3.63) is 287 Å². The number of anilines is 3. The third kappa shape index (κ3) is 6.75. The molecule has 0 unspecified atom stereocenters. The zero-order chi connectivity index (χ0) is 47.6. The van der Waals surface area contributed by atoms with E-state index in [-0.39, 0.29) is 5.41 Å². The van der Waals surface area contributed by atoms with Crippen LogP contribution in [0.4, 0.5) is 17.1 Å². The molecule has 2 aliphatic carbocycles. The van der Waals surface area contributed by atoms with Crippen molar-refractivity contribution in [1.29, 1.82) is 0 Å². The summed E-state index contributed by atoms with van der Waals surface area (Å²) >= 11 is 0. The smallest absolute Gasteiger partial charge is 0.0714 e. The minimum Gasteiger partial charge on any atom is -0.310 e. The van der Waals surface area contributed by atoms with Crippen LogP contribution in [0, 0.1) is 6.92 Å². The number of nitrogens with zero attached hydrogens (tertiary/aromatic N) is 1. The molecule has 0 atom stereocenters. The van der Waals surface area contributed by atoms with Crippen LogP contribution in [0.25, 0.3) is 61.2 Å². The van der Waals surface area contributed by atoms with Gasteiger partial charge in [-0.3, -0.25) is 0 Å². The van der Waals surface area contributed by atoms with E-state index < -0.39 is 5.41 Å². The summed E-state index contributed by atoms with van der Waals surface area (Å²) in [4.78, 5) is 2.53. The van der Waals surface area contributed by atoms with E-state index in [1.807, 2.05) is 0 Å². The van der Waals surface area contributed by atoms with Crippen LogP contribution >= 0.6 is 0 Å². The van der Waals surface area contributed by atoms with Crippen LogP contribution in [0.1, 0.15) is 72.2 Å². The summed E-state index contributed by atoms with van der Waals surface area (Å²) in [5.41, 5.74) is 26.6. The van der Waals surface area contributed by atoms with Gasteiger partial charge in [0.15, 0.2) is 0 Å². The summed E-state index contributed by atoms with van der Waals surface area (Å²) in [5.74, 6) is 0. The van der Waals surface area contributed by atoms with E-state index in [4.69, 9.17) is 0 Å². The minimum absolute atomic E-state index is 0.165. The highest BCUT2D eigenvalue weighted by Gasteiger charge is 2.47. The average molecular weight is 898 g/mol. The largest absolute Gasteiger partial charge is 0.310 e. The topological polar surface area (TPSA) is 3.24 Å². The van der Waals surface area contributed by atoms with Crippen molar-refractivity contribution in [2.75, 3.05) is 4.90 Å². The van der Waals surface area contributed by atoms with E-state index in [0.717, 1.165) is 17.1 Å². The van der Waals surface area contributed by atoms with Gasteiger partial charge in [-0.1, -0.05) is 226 Å². The second kappa shape index (κ2) is 17.1. The number of hydrogen-bond donors (Lipinski definition) is 0. The first-order valence-electron chi connectivity index (χ1n) is 24.7. The van der Waals surface area contributed by atoms with Crippen LogP contribution < -0.4 is 4.90 Å². The molecule has 10 aromatic rings. The van der Waals surface area contributed by atoms with Crippen LogP contribution in [0.2, 0.25) is 0 Å². The minimum atomic E-state index is -0.615. The zero-order valence-electron chi connectivity index (χ0n) is 40.5. The lowest BCUT2D eigenvalue weighted by Gasteiger charge is -2.35. The maximum Gasteiger partial charge on any atom is 0.0714 e. The van der Waals surface area contributed by atoms with E-state index in [0.29, 0.717) is 0 Å². The third-order valence-corrected chi connectivity index (χ3v) is 15.5. The van der Waals surface area contributed by atoms with E-state index in [1.54, 1.807) is 0 Å². The van der Waals surface area contributed by atoms with E-state index >= 15 is 0 Å². The van der Waals surface area contributed by atoms with Crippen molar-refractivity contribution in [2.24, 2.45) is 0 Å². The molecule has 0 fully saturated rings. The van der Waals surface area contributed by atoms with Gasteiger partial charge in [-0.05, 0) is 151 Å². The SMILES string of the molecule is C/C=C(\C)c1c(C)cccc1-c1ccc(N(c2ccc3c(c2)C(C)(C)c2ccccc2-3)c2cccc3c2-c2ccccc2C3(c2ccc(-c3ccccc3)cc2)c2ccc(-c3ccccc3)cc2)cc1. The first-order chi connectivity index (χ1) is 34.3. The van der Waals surface area contributed by atoms with E-state index in [9.17, 15) is 0 Å². The number of hydrogen-bond acceptors (Lipinski definition) is 1. The lowest BCUT2D eigenvalue weighted by molar-refractivity contribution is 0.660. The Morgan fingerprint density at radius 2 is 0.886 bits per heavy atom. The van der Waals surface area contributed by atoms with Gasteiger partial charge in [0.1, 0.15) is 0 Å². The molecule has 0 aromatic heterocycles. The van der Waals surface area contributed by atoms with Crippen molar-refractivity contribution in [3.63, 3.8) is 0 Å². The zero-order valence-corrected chi connectivity index (χ0v) is 40.5. The molecule has 1 nitrogen and oxygen atoms in total. The lowest BCUT2D eigenvalue weighted by Crippen LogP contribution is -2.28. The quantitative estimate of drug-likeness (QED) is 0.140. The second-order valence-electron chi connectivity index (χ2n) is 19.6. The molecule has 0 N–H and O–H groups in total. The van der Waals surface area contributed by atoms with Gasteiger partial charge in [-0.15, -0.1) is 0 Å². The summed E-state index contributed by atoms with van der Waals surface area (Å²) in [5, 5.41) is 0. The molecule has 70 heavy (non-hydrogen) atoms.